The summed E-state index contributed by atoms with van der Waals surface area (Å²) in [6.45, 7) is 8.65. The number of hydrogen-bond acceptors (Lipinski definition) is 4. The van der Waals surface area contributed by atoms with E-state index in [9.17, 15) is 9.90 Å². The molecular weight excluding hydrogens is 400 g/mol. The van der Waals surface area contributed by atoms with Gasteiger partial charge in [-0.05, 0) is 62.3 Å². The van der Waals surface area contributed by atoms with Crippen LogP contribution in [0.2, 0.25) is 0 Å². The van der Waals surface area contributed by atoms with Crippen LogP contribution in [-0.4, -0.2) is 30.2 Å². The molecule has 0 aromatic heterocycles. The lowest BCUT2D eigenvalue weighted by molar-refractivity contribution is -0.115. The van der Waals surface area contributed by atoms with Gasteiger partial charge in [0.2, 0.25) is 0 Å². The lowest BCUT2D eigenvalue weighted by Gasteiger charge is -2.15. The van der Waals surface area contributed by atoms with Crippen molar-refractivity contribution in [1.29, 1.82) is 0 Å². The first kappa shape index (κ1) is 25.7. The van der Waals surface area contributed by atoms with E-state index in [1.54, 1.807) is 6.92 Å². The number of ketones is 1. The number of Topliss-reactive ketones (excluding diaryl/α,β-unsaturated/α-hetero) is 1. The highest BCUT2D eigenvalue weighted by atomic mass is 16.5. The second-order valence-corrected chi connectivity index (χ2v) is 8.29. The molecule has 1 unspecified atom stereocenters. The van der Waals surface area contributed by atoms with E-state index in [-0.39, 0.29) is 11.9 Å². The highest BCUT2D eigenvalue weighted by molar-refractivity contribution is 5.93. The summed E-state index contributed by atoms with van der Waals surface area (Å²) in [7, 11) is 0. The molecule has 0 amide bonds. The van der Waals surface area contributed by atoms with Crippen LogP contribution in [0, 0.1) is 0 Å². The Morgan fingerprint density at radius 2 is 1.69 bits per heavy atom. The molecule has 0 spiro atoms. The number of ether oxygens (including phenoxy) is 2. The lowest BCUT2D eigenvalue weighted by Crippen LogP contribution is -2.07. The standard InChI is InChI=1S/C28H38O4/c1-4-24(29)15-12-20-32-28-21-25(17-18-26(28)23-13-8-7-9-14-23)31-19-11-6-5-10-16-27(30)22(2)3/h7-9,13-14,17-18,21,24,29H,2,4-6,10-12,15-16,19-20H2,1,3H3. The largest absolute Gasteiger partial charge is 0.493 e. The summed E-state index contributed by atoms with van der Waals surface area (Å²) in [5.74, 6) is 1.76. The van der Waals surface area contributed by atoms with Crippen LogP contribution in [0.4, 0.5) is 0 Å². The van der Waals surface area contributed by atoms with Crippen LogP contribution >= 0.6 is 0 Å². The Kier molecular flexibility index (Phi) is 11.6. The van der Waals surface area contributed by atoms with Gasteiger partial charge >= 0.3 is 0 Å². The molecule has 0 bridgehead atoms. The number of aliphatic hydroxyl groups excluding tert-OH is 1. The second kappa shape index (κ2) is 14.5. The van der Waals surface area contributed by atoms with E-state index in [2.05, 4.69) is 18.7 Å². The maximum atomic E-state index is 11.6. The predicted molar refractivity (Wildman–Crippen MR) is 131 cm³/mol. The smallest absolute Gasteiger partial charge is 0.157 e. The van der Waals surface area contributed by atoms with Gasteiger partial charge in [-0.25, -0.2) is 0 Å². The van der Waals surface area contributed by atoms with Crippen LogP contribution in [0.25, 0.3) is 11.1 Å². The molecule has 0 heterocycles. The van der Waals surface area contributed by atoms with Crippen LogP contribution < -0.4 is 9.47 Å². The molecule has 4 heteroatoms. The molecule has 32 heavy (non-hydrogen) atoms. The molecule has 0 saturated carbocycles. The van der Waals surface area contributed by atoms with Gasteiger partial charge in [0, 0.05) is 18.1 Å². The van der Waals surface area contributed by atoms with Gasteiger partial charge in [-0.3, -0.25) is 4.79 Å². The number of hydrogen-bond donors (Lipinski definition) is 1. The van der Waals surface area contributed by atoms with E-state index >= 15 is 0 Å². The van der Waals surface area contributed by atoms with Gasteiger partial charge in [-0.2, -0.15) is 0 Å². The maximum absolute atomic E-state index is 11.6. The monoisotopic (exact) mass is 438 g/mol. The number of carbonyl (C=O) groups excluding carboxylic acids is 1. The molecule has 0 radical (unpaired) electrons. The Morgan fingerprint density at radius 1 is 0.969 bits per heavy atom. The predicted octanol–water partition coefficient (Wildman–Crippen LogP) is 6.76. The molecular formula is C28H38O4. The number of allylic oxidation sites excluding steroid dienone is 1. The highest BCUT2D eigenvalue weighted by Gasteiger charge is 2.10. The van der Waals surface area contributed by atoms with Gasteiger partial charge in [0.05, 0.1) is 19.3 Å². The number of rotatable bonds is 16. The minimum absolute atomic E-state index is 0.163. The quantitative estimate of drug-likeness (QED) is 0.232. The molecule has 0 aliphatic heterocycles. The highest BCUT2D eigenvalue weighted by Crippen LogP contribution is 2.33. The molecule has 1 N–H and O–H groups in total. The third-order valence-corrected chi connectivity index (χ3v) is 5.49. The van der Waals surface area contributed by atoms with E-state index in [1.165, 1.54) is 0 Å². The maximum Gasteiger partial charge on any atom is 0.157 e. The van der Waals surface area contributed by atoms with Gasteiger partial charge in [-0.15, -0.1) is 0 Å². The summed E-state index contributed by atoms with van der Waals surface area (Å²) in [6, 6.07) is 16.2. The average Bonchev–Trinajstić information content (AvgIpc) is 2.81. The normalized spacial score (nSPS) is 11.7. The fourth-order valence-electron chi connectivity index (χ4n) is 3.42. The zero-order chi connectivity index (χ0) is 23.2. The van der Waals surface area contributed by atoms with Gasteiger partial charge in [0.1, 0.15) is 11.5 Å². The summed E-state index contributed by atoms with van der Waals surface area (Å²) in [4.78, 5) is 11.6. The van der Waals surface area contributed by atoms with Crippen molar-refractivity contribution in [2.75, 3.05) is 13.2 Å². The summed E-state index contributed by atoms with van der Waals surface area (Å²) < 4.78 is 12.1. The first-order valence-electron chi connectivity index (χ1n) is 11.8. The minimum Gasteiger partial charge on any atom is -0.493 e. The Bertz CT molecular complexity index is 829. The second-order valence-electron chi connectivity index (χ2n) is 8.29. The molecule has 2 aromatic carbocycles. The van der Waals surface area contributed by atoms with Crippen molar-refractivity contribution in [3.05, 3.63) is 60.7 Å². The average molecular weight is 439 g/mol. The Morgan fingerprint density at radius 3 is 2.41 bits per heavy atom. The van der Waals surface area contributed by atoms with Crippen LogP contribution in [0.1, 0.15) is 65.2 Å². The molecule has 0 fully saturated rings. The van der Waals surface area contributed by atoms with E-state index in [0.29, 0.717) is 25.2 Å². The van der Waals surface area contributed by atoms with Gasteiger partial charge in [0.15, 0.2) is 5.78 Å². The molecule has 0 aliphatic rings. The van der Waals surface area contributed by atoms with Crippen molar-refractivity contribution in [3.63, 3.8) is 0 Å². The van der Waals surface area contributed by atoms with Crippen molar-refractivity contribution in [3.8, 4) is 22.6 Å². The number of aliphatic hydroxyl groups is 1. The van der Waals surface area contributed by atoms with E-state index in [0.717, 1.165) is 67.6 Å². The van der Waals surface area contributed by atoms with Crippen molar-refractivity contribution in [2.45, 2.75) is 71.3 Å². The number of benzene rings is 2. The number of carbonyl (C=O) groups is 1. The van der Waals surface area contributed by atoms with Crippen LogP contribution in [-0.2, 0) is 4.79 Å². The zero-order valence-corrected chi connectivity index (χ0v) is 19.6. The van der Waals surface area contributed by atoms with E-state index in [4.69, 9.17) is 9.47 Å². The summed E-state index contributed by atoms with van der Waals surface area (Å²) in [6.07, 6.45) is 6.56. The van der Waals surface area contributed by atoms with Gasteiger partial charge in [-0.1, -0.05) is 56.7 Å². The zero-order valence-electron chi connectivity index (χ0n) is 19.6. The first-order valence-corrected chi connectivity index (χ1v) is 11.8. The van der Waals surface area contributed by atoms with Crippen LogP contribution in [0.3, 0.4) is 0 Å². The number of unbranched alkanes of at least 4 members (excludes halogenated alkanes) is 3. The van der Waals surface area contributed by atoms with Crippen LogP contribution in [0.5, 0.6) is 11.5 Å². The Labute approximate surface area is 193 Å². The molecule has 4 nitrogen and oxygen atoms in total. The van der Waals surface area contributed by atoms with Crippen molar-refractivity contribution < 1.29 is 19.4 Å². The SMILES string of the molecule is C=C(C)C(=O)CCCCCCOc1ccc(-c2ccccc2)c(OCCCC(O)CC)c1. The molecule has 2 rings (SSSR count). The molecule has 1 atom stereocenters. The lowest BCUT2D eigenvalue weighted by atomic mass is 10.0. The van der Waals surface area contributed by atoms with Gasteiger partial charge < -0.3 is 14.6 Å². The van der Waals surface area contributed by atoms with E-state index < -0.39 is 0 Å². The Balaban J connectivity index is 1.87. The topological polar surface area (TPSA) is 55.8 Å². The summed E-state index contributed by atoms with van der Waals surface area (Å²) in [5, 5.41) is 9.76. The molecule has 2 aromatic rings. The molecule has 174 valence electrons. The fraction of sp³-hybridized carbons (Fsp3) is 0.464. The fourth-order valence-corrected chi connectivity index (χ4v) is 3.42. The third kappa shape index (κ3) is 9.27. The third-order valence-electron chi connectivity index (χ3n) is 5.49. The molecule has 0 saturated heterocycles. The van der Waals surface area contributed by atoms with Gasteiger partial charge in [0.25, 0.3) is 0 Å². The van der Waals surface area contributed by atoms with Crippen molar-refractivity contribution >= 4 is 5.78 Å². The first-order chi connectivity index (χ1) is 15.5. The van der Waals surface area contributed by atoms with E-state index in [1.807, 2.05) is 43.3 Å². The summed E-state index contributed by atoms with van der Waals surface area (Å²) in [5.41, 5.74) is 2.79. The van der Waals surface area contributed by atoms with Crippen molar-refractivity contribution in [2.24, 2.45) is 0 Å². The van der Waals surface area contributed by atoms with Crippen LogP contribution in [0.15, 0.2) is 60.7 Å². The summed E-state index contributed by atoms with van der Waals surface area (Å²) >= 11 is 0. The van der Waals surface area contributed by atoms with Crippen molar-refractivity contribution in [1.82, 2.24) is 0 Å². The minimum atomic E-state index is -0.263. The Hall–Kier alpha value is -2.59. The molecule has 0 aliphatic carbocycles.